The number of rotatable bonds is 2. The summed E-state index contributed by atoms with van der Waals surface area (Å²) in [7, 11) is 0. The largest absolute Gasteiger partial charge is 0.366 e. The minimum absolute atomic E-state index is 0.253. The van der Waals surface area contributed by atoms with Gasteiger partial charge in [-0.05, 0) is 47.3 Å². The molecule has 1 fully saturated rings. The van der Waals surface area contributed by atoms with Gasteiger partial charge in [0.05, 0.1) is 0 Å². The Hall–Kier alpha value is -0.610. The van der Waals surface area contributed by atoms with E-state index in [-0.39, 0.29) is 6.04 Å². The fourth-order valence-corrected chi connectivity index (χ4v) is 2.54. The second kappa shape index (κ2) is 5.83. The zero-order valence-electron chi connectivity index (χ0n) is 10.2. The lowest BCUT2D eigenvalue weighted by Gasteiger charge is -2.23. The maximum atomic E-state index is 6.20. The molecule has 0 spiro atoms. The SMILES string of the molecule is Cc1cc(NC2CCCCCC2N)ncc1Br. The van der Waals surface area contributed by atoms with E-state index in [2.05, 4.69) is 39.2 Å². The van der Waals surface area contributed by atoms with Crippen LogP contribution >= 0.6 is 15.9 Å². The van der Waals surface area contributed by atoms with Crippen molar-refractivity contribution in [2.75, 3.05) is 5.32 Å². The highest BCUT2D eigenvalue weighted by molar-refractivity contribution is 9.10. The standard InChI is InChI=1S/C13H20BrN3/c1-9-7-13(16-8-10(9)14)17-12-6-4-2-3-5-11(12)15/h7-8,11-12H,2-6,15H2,1H3,(H,16,17). The Morgan fingerprint density at radius 1 is 1.35 bits per heavy atom. The molecule has 2 unspecified atom stereocenters. The molecule has 1 saturated carbocycles. The van der Waals surface area contributed by atoms with E-state index in [9.17, 15) is 0 Å². The van der Waals surface area contributed by atoms with E-state index in [0.717, 1.165) is 23.1 Å². The minimum atomic E-state index is 0.253. The summed E-state index contributed by atoms with van der Waals surface area (Å²) in [4.78, 5) is 4.38. The van der Waals surface area contributed by atoms with Crippen molar-refractivity contribution >= 4 is 21.7 Å². The Balaban J connectivity index is 2.05. The topological polar surface area (TPSA) is 50.9 Å². The van der Waals surface area contributed by atoms with E-state index in [0.29, 0.717) is 6.04 Å². The van der Waals surface area contributed by atoms with Crippen LogP contribution in [0.2, 0.25) is 0 Å². The molecule has 0 bridgehead atoms. The zero-order chi connectivity index (χ0) is 12.3. The van der Waals surface area contributed by atoms with E-state index >= 15 is 0 Å². The molecule has 0 saturated heterocycles. The number of nitrogens with two attached hydrogens (primary N) is 1. The number of anilines is 1. The van der Waals surface area contributed by atoms with Crippen molar-refractivity contribution in [3.8, 4) is 0 Å². The molecule has 0 aromatic carbocycles. The highest BCUT2D eigenvalue weighted by Crippen LogP contribution is 2.22. The number of hydrogen-bond acceptors (Lipinski definition) is 3. The smallest absolute Gasteiger partial charge is 0.126 e. The number of pyridine rings is 1. The van der Waals surface area contributed by atoms with Crippen LogP contribution in [-0.2, 0) is 0 Å². The summed E-state index contributed by atoms with van der Waals surface area (Å²) in [5.41, 5.74) is 7.39. The zero-order valence-corrected chi connectivity index (χ0v) is 11.8. The highest BCUT2D eigenvalue weighted by atomic mass is 79.9. The minimum Gasteiger partial charge on any atom is -0.366 e. The highest BCUT2D eigenvalue weighted by Gasteiger charge is 2.20. The third kappa shape index (κ3) is 3.42. The summed E-state index contributed by atoms with van der Waals surface area (Å²) in [6.07, 6.45) is 7.94. The van der Waals surface area contributed by atoms with Crippen LogP contribution in [0.15, 0.2) is 16.7 Å². The van der Waals surface area contributed by atoms with Gasteiger partial charge in [0.15, 0.2) is 0 Å². The second-order valence-corrected chi connectivity index (χ2v) is 5.73. The molecular weight excluding hydrogens is 278 g/mol. The van der Waals surface area contributed by atoms with Gasteiger partial charge in [0.1, 0.15) is 5.82 Å². The van der Waals surface area contributed by atoms with Crippen molar-refractivity contribution in [2.24, 2.45) is 5.73 Å². The van der Waals surface area contributed by atoms with Gasteiger partial charge in [-0.2, -0.15) is 0 Å². The van der Waals surface area contributed by atoms with Crippen LogP contribution in [0.5, 0.6) is 0 Å². The molecular formula is C13H20BrN3. The quantitative estimate of drug-likeness (QED) is 0.824. The predicted molar refractivity (Wildman–Crippen MR) is 75.1 cm³/mol. The van der Waals surface area contributed by atoms with Crippen LogP contribution in [0.3, 0.4) is 0 Å². The Morgan fingerprint density at radius 3 is 2.88 bits per heavy atom. The van der Waals surface area contributed by atoms with Crippen molar-refractivity contribution in [3.05, 3.63) is 22.3 Å². The van der Waals surface area contributed by atoms with Crippen molar-refractivity contribution in [1.82, 2.24) is 4.98 Å². The van der Waals surface area contributed by atoms with Crippen molar-refractivity contribution < 1.29 is 0 Å². The fraction of sp³-hybridized carbons (Fsp3) is 0.615. The number of aryl methyl sites for hydroxylation is 1. The molecule has 17 heavy (non-hydrogen) atoms. The molecule has 0 radical (unpaired) electrons. The first-order valence-corrected chi connectivity index (χ1v) is 7.10. The Morgan fingerprint density at radius 2 is 2.12 bits per heavy atom. The first kappa shape index (κ1) is 12.8. The average Bonchev–Trinajstić information content (AvgIpc) is 2.50. The molecule has 0 aliphatic heterocycles. The summed E-state index contributed by atoms with van der Waals surface area (Å²) in [6, 6.07) is 2.69. The van der Waals surface area contributed by atoms with Gasteiger partial charge in [-0.1, -0.05) is 19.3 Å². The van der Waals surface area contributed by atoms with Gasteiger partial charge in [0.25, 0.3) is 0 Å². The van der Waals surface area contributed by atoms with Crippen molar-refractivity contribution in [1.29, 1.82) is 0 Å². The number of aromatic nitrogens is 1. The molecule has 94 valence electrons. The first-order chi connectivity index (χ1) is 8.16. The molecule has 1 aromatic rings. The molecule has 3 nitrogen and oxygen atoms in total. The van der Waals surface area contributed by atoms with Gasteiger partial charge in [-0.3, -0.25) is 0 Å². The normalized spacial score (nSPS) is 25.4. The predicted octanol–water partition coefficient (Wildman–Crippen LogP) is 3.22. The maximum absolute atomic E-state index is 6.20. The summed E-state index contributed by atoms with van der Waals surface area (Å²) < 4.78 is 1.05. The Labute approximate surface area is 111 Å². The number of hydrogen-bond donors (Lipinski definition) is 2. The molecule has 2 atom stereocenters. The number of halogens is 1. The van der Waals surface area contributed by atoms with Crippen LogP contribution < -0.4 is 11.1 Å². The lowest BCUT2D eigenvalue weighted by molar-refractivity contribution is 0.527. The Kier molecular flexibility index (Phi) is 4.40. The third-order valence-corrected chi connectivity index (χ3v) is 4.28. The monoisotopic (exact) mass is 297 g/mol. The van der Waals surface area contributed by atoms with E-state index < -0.39 is 0 Å². The molecule has 1 aromatic heterocycles. The number of nitrogens with zero attached hydrogens (tertiary/aromatic N) is 1. The van der Waals surface area contributed by atoms with Gasteiger partial charge < -0.3 is 11.1 Å². The van der Waals surface area contributed by atoms with Gasteiger partial charge in [0, 0.05) is 22.8 Å². The van der Waals surface area contributed by atoms with Crippen LogP contribution in [0.4, 0.5) is 5.82 Å². The van der Waals surface area contributed by atoms with Crippen molar-refractivity contribution in [2.45, 2.75) is 51.1 Å². The van der Waals surface area contributed by atoms with E-state index in [1.165, 1.54) is 24.8 Å². The molecule has 0 amide bonds. The molecule has 1 aliphatic rings. The number of nitrogens with one attached hydrogen (secondary N) is 1. The van der Waals surface area contributed by atoms with Gasteiger partial charge in [0.2, 0.25) is 0 Å². The lowest BCUT2D eigenvalue weighted by atomic mass is 10.0. The average molecular weight is 298 g/mol. The second-order valence-electron chi connectivity index (χ2n) is 4.87. The van der Waals surface area contributed by atoms with Crippen LogP contribution in [0.1, 0.15) is 37.7 Å². The van der Waals surface area contributed by atoms with E-state index in [4.69, 9.17) is 5.73 Å². The lowest BCUT2D eigenvalue weighted by Crippen LogP contribution is -2.39. The van der Waals surface area contributed by atoms with Crippen LogP contribution in [-0.4, -0.2) is 17.1 Å². The maximum Gasteiger partial charge on any atom is 0.126 e. The molecule has 1 heterocycles. The van der Waals surface area contributed by atoms with Gasteiger partial charge >= 0.3 is 0 Å². The third-order valence-electron chi connectivity index (χ3n) is 3.45. The summed E-state index contributed by atoms with van der Waals surface area (Å²) in [5.74, 6) is 0.938. The summed E-state index contributed by atoms with van der Waals surface area (Å²) >= 11 is 3.46. The summed E-state index contributed by atoms with van der Waals surface area (Å²) in [6.45, 7) is 2.07. The molecule has 4 heteroatoms. The van der Waals surface area contributed by atoms with Crippen molar-refractivity contribution in [3.63, 3.8) is 0 Å². The first-order valence-electron chi connectivity index (χ1n) is 6.31. The van der Waals surface area contributed by atoms with E-state index in [1.807, 2.05) is 6.20 Å². The molecule has 2 rings (SSSR count). The van der Waals surface area contributed by atoms with Gasteiger partial charge in [-0.15, -0.1) is 0 Å². The molecule has 3 N–H and O–H groups in total. The van der Waals surface area contributed by atoms with E-state index in [1.54, 1.807) is 0 Å². The van der Waals surface area contributed by atoms with Crippen LogP contribution in [0, 0.1) is 6.92 Å². The van der Waals surface area contributed by atoms with Crippen LogP contribution in [0.25, 0.3) is 0 Å². The van der Waals surface area contributed by atoms with Gasteiger partial charge in [-0.25, -0.2) is 4.98 Å². The summed E-state index contributed by atoms with van der Waals surface area (Å²) in [5, 5.41) is 3.48. The fourth-order valence-electron chi connectivity index (χ4n) is 2.32. The molecule has 1 aliphatic carbocycles. The Bertz CT molecular complexity index is 381.